The Labute approximate surface area is 121 Å². The van der Waals surface area contributed by atoms with E-state index in [0.29, 0.717) is 17.3 Å². The van der Waals surface area contributed by atoms with Gasteiger partial charge in [0.2, 0.25) is 10.0 Å². The predicted molar refractivity (Wildman–Crippen MR) is 80.1 cm³/mol. The maximum Gasteiger partial charge on any atom is 0.243 e. The molecule has 0 radical (unpaired) electrons. The first kappa shape index (κ1) is 16.5. The van der Waals surface area contributed by atoms with E-state index in [1.165, 1.54) is 4.31 Å². The van der Waals surface area contributed by atoms with Gasteiger partial charge >= 0.3 is 0 Å². The molecule has 0 heterocycles. The predicted octanol–water partition coefficient (Wildman–Crippen LogP) is 3.54. The van der Waals surface area contributed by atoms with Gasteiger partial charge in [-0.05, 0) is 50.5 Å². The molecule has 0 aliphatic carbocycles. The van der Waals surface area contributed by atoms with Gasteiger partial charge in [0.05, 0.1) is 4.90 Å². The van der Waals surface area contributed by atoms with E-state index >= 15 is 0 Å². The number of sulfonamides is 1. The molecular weight excluding hydrogens is 282 g/mol. The van der Waals surface area contributed by atoms with Gasteiger partial charge in [-0.25, -0.2) is 8.42 Å². The Morgan fingerprint density at radius 1 is 1.32 bits per heavy atom. The number of hydrogen-bond donors (Lipinski definition) is 0. The molecule has 0 aromatic heterocycles. The number of hydrogen-bond acceptors (Lipinski definition) is 2. The fourth-order valence-electron chi connectivity index (χ4n) is 1.96. The van der Waals surface area contributed by atoms with Crippen LogP contribution in [-0.4, -0.2) is 25.3 Å². The average Bonchev–Trinajstić information content (AvgIpc) is 2.35. The number of halogens is 1. The summed E-state index contributed by atoms with van der Waals surface area (Å²) in [6.45, 7) is 8.22. The van der Waals surface area contributed by atoms with Crippen LogP contribution in [0.2, 0.25) is 0 Å². The molecule has 19 heavy (non-hydrogen) atoms. The van der Waals surface area contributed by atoms with Crippen molar-refractivity contribution in [1.29, 1.82) is 0 Å². The summed E-state index contributed by atoms with van der Waals surface area (Å²) in [5.74, 6) is 0.324. The third kappa shape index (κ3) is 3.71. The lowest BCUT2D eigenvalue weighted by Gasteiger charge is -2.25. The van der Waals surface area contributed by atoms with Crippen molar-refractivity contribution in [2.24, 2.45) is 0 Å². The van der Waals surface area contributed by atoms with Crippen LogP contribution in [0, 0.1) is 6.92 Å². The zero-order chi connectivity index (χ0) is 14.6. The fourth-order valence-corrected chi connectivity index (χ4v) is 4.03. The van der Waals surface area contributed by atoms with Crippen molar-refractivity contribution in [3.05, 3.63) is 29.3 Å². The Kier molecular flexibility index (Phi) is 5.83. The number of nitrogens with zero attached hydrogens (tertiary/aromatic N) is 1. The lowest BCUT2D eigenvalue weighted by atomic mass is 10.1. The fraction of sp³-hybridized carbons (Fsp3) is 0.571. The maximum absolute atomic E-state index is 12.6. The summed E-state index contributed by atoms with van der Waals surface area (Å²) < 4.78 is 26.8. The number of alkyl halides is 1. The monoisotopic (exact) mass is 303 g/mol. The average molecular weight is 304 g/mol. The molecule has 5 heteroatoms. The zero-order valence-electron chi connectivity index (χ0n) is 12.0. The highest BCUT2D eigenvalue weighted by Gasteiger charge is 2.26. The summed E-state index contributed by atoms with van der Waals surface area (Å²) in [5, 5.41) is 0. The second-order valence-corrected chi connectivity index (χ2v) is 7.09. The van der Waals surface area contributed by atoms with E-state index in [2.05, 4.69) is 0 Å². The second kappa shape index (κ2) is 6.73. The molecule has 3 nitrogen and oxygen atoms in total. The van der Waals surface area contributed by atoms with Gasteiger partial charge < -0.3 is 0 Å². The van der Waals surface area contributed by atoms with Crippen LogP contribution in [0.1, 0.15) is 38.3 Å². The summed E-state index contributed by atoms with van der Waals surface area (Å²) in [6.07, 6.45) is 0.797. The van der Waals surface area contributed by atoms with Gasteiger partial charge in [0.25, 0.3) is 0 Å². The first-order valence-corrected chi connectivity index (χ1v) is 8.49. The number of rotatable bonds is 6. The minimum Gasteiger partial charge on any atom is -0.207 e. The van der Waals surface area contributed by atoms with E-state index in [1.807, 2.05) is 33.8 Å². The van der Waals surface area contributed by atoms with Crippen LogP contribution in [0.4, 0.5) is 0 Å². The molecule has 0 bridgehead atoms. The van der Waals surface area contributed by atoms with Crippen LogP contribution in [0.25, 0.3) is 0 Å². The van der Waals surface area contributed by atoms with Crippen molar-refractivity contribution >= 4 is 21.6 Å². The summed E-state index contributed by atoms with van der Waals surface area (Å²) in [7, 11) is -3.44. The standard InChI is InChI=1S/C14H22ClNO2S/c1-5-8-16(11(2)3)19(17,18)14-7-6-12(4)13(9-14)10-15/h6-7,9,11H,5,8,10H2,1-4H3. The number of aryl methyl sites for hydroxylation is 1. The van der Waals surface area contributed by atoms with Gasteiger partial charge in [-0.2, -0.15) is 4.31 Å². The van der Waals surface area contributed by atoms with E-state index < -0.39 is 10.0 Å². The summed E-state index contributed by atoms with van der Waals surface area (Å²) in [4.78, 5) is 0.330. The minimum absolute atomic E-state index is 0.0503. The van der Waals surface area contributed by atoms with E-state index in [-0.39, 0.29) is 6.04 Å². The van der Waals surface area contributed by atoms with E-state index in [4.69, 9.17) is 11.6 Å². The lowest BCUT2D eigenvalue weighted by Crippen LogP contribution is -2.37. The molecule has 0 spiro atoms. The molecule has 0 aliphatic heterocycles. The second-order valence-electron chi connectivity index (χ2n) is 4.93. The van der Waals surface area contributed by atoms with Gasteiger partial charge in [-0.15, -0.1) is 11.6 Å². The van der Waals surface area contributed by atoms with Gasteiger partial charge in [0.15, 0.2) is 0 Å². The highest BCUT2D eigenvalue weighted by molar-refractivity contribution is 7.89. The van der Waals surface area contributed by atoms with Crippen LogP contribution < -0.4 is 0 Å². The number of benzene rings is 1. The molecular formula is C14H22ClNO2S. The van der Waals surface area contributed by atoms with Gasteiger partial charge in [-0.1, -0.05) is 13.0 Å². The lowest BCUT2D eigenvalue weighted by molar-refractivity contribution is 0.354. The third-order valence-electron chi connectivity index (χ3n) is 3.09. The van der Waals surface area contributed by atoms with Crippen molar-refractivity contribution in [3.8, 4) is 0 Å². The largest absolute Gasteiger partial charge is 0.243 e. The molecule has 1 aromatic carbocycles. The van der Waals surface area contributed by atoms with Crippen molar-refractivity contribution in [2.75, 3.05) is 6.54 Å². The van der Waals surface area contributed by atoms with E-state index in [0.717, 1.165) is 17.5 Å². The van der Waals surface area contributed by atoms with Crippen LogP contribution >= 0.6 is 11.6 Å². The Hall–Kier alpha value is -0.580. The maximum atomic E-state index is 12.6. The normalized spacial score (nSPS) is 12.4. The van der Waals surface area contributed by atoms with Crippen molar-refractivity contribution in [2.45, 2.75) is 50.9 Å². The topological polar surface area (TPSA) is 37.4 Å². The Balaban J connectivity index is 3.25. The first-order valence-electron chi connectivity index (χ1n) is 6.52. The molecule has 108 valence electrons. The molecule has 0 saturated heterocycles. The molecule has 1 rings (SSSR count). The molecule has 1 aromatic rings. The van der Waals surface area contributed by atoms with Crippen molar-refractivity contribution in [1.82, 2.24) is 4.31 Å². The minimum atomic E-state index is -3.44. The highest BCUT2D eigenvalue weighted by Crippen LogP contribution is 2.22. The molecule has 0 saturated carbocycles. The summed E-state index contributed by atoms with van der Waals surface area (Å²) >= 11 is 5.85. The van der Waals surface area contributed by atoms with Crippen LogP contribution in [0.3, 0.4) is 0 Å². The molecule has 0 fully saturated rings. The van der Waals surface area contributed by atoms with Crippen LogP contribution in [0.15, 0.2) is 23.1 Å². The van der Waals surface area contributed by atoms with Crippen LogP contribution in [-0.2, 0) is 15.9 Å². The molecule has 0 unspecified atom stereocenters. The quantitative estimate of drug-likeness (QED) is 0.754. The van der Waals surface area contributed by atoms with Gasteiger partial charge in [-0.3, -0.25) is 0 Å². The summed E-state index contributed by atoms with van der Waals surface area (Å²) in [6, 6.07) is 5.11. The smallest absolute Gasteiger partial charge is 0.207 e. The molecule has 0 atom stereocenters. The molecule has 0 aliphatic rings. The Morgan fingerprint density at radius 3 is 2.42 bits per heavy atom. The Morgan fingerprint density at radius 2 is 1.95 bits per heavy atom. The molecule has 0 N–H and O–H groups in total. The van der Waals surface area contributed by atoms with E-state index in [9.17, 15) is 8.42 Å². The van der Waals surface area contributed by atoms with Crippen molar-refractivity contribution in [3.63, 3.8) is 0 Å². The van der Waals surface area contributed by atoms with Crippen LogP contribution in [0.5, 0.6) is 0 Å². The SMILES string of the molecule is CCCN(C(C)C)S(=O)(=O)c1ccc(C)c(CCl)c1. The van der Waals surface area contributed by atoms with Gasteiger partial charge in [0.1, 0.15) is 0 Å². The first-order chi connectivity index (χ1) is 8.84. The molecule has 0 amide bonds. The summed E-state index contributed by atoms with van der Waals surface area (Å²) in [5.41, 5.74) is 1.88. The Bertz CT molecular complexity index is 526. The highest BCUT2D eigenvalue weighted by atomic mass is 35.5. The zero-order valence-corrected chi connectivity index (χ0v) is 13.6. The van der Waals surface area contributed by atoms with Crippen molar-refractivity contribution < 1.29 is 8.42 Å². The van der Waals surface area contributed by atoms with Gasteiger partial charge in [0, 0.05) is 18.5 Å². The third-order valence-corrected chi connectivity index (χ3v) is 5.45. The van der Waals surface area contributed by atoms with E-state index in [1.54, 1.807) is 12.1 Å².